The predicted octanol–water partition coefficient (Wildman–Crippen LogP) is 5.49. The monoisotopic (exact) mass is 394 g/mol. The Balaban J connectivity index is 1.63. The maximum Gasteiger partial charge on any atom is 0.214 e. The second-order valence-corrected chi connectivity index (χ2v) is 7.40. The summed E-state index contributed by atoms with van der Waals surface area (Å²) in [6.07, 6.45) is 0.328. The molecule has 0 fully saturated rings. The van der Waals surface area contributed by atoms with Crippen LogP contribution in [0.5, 0.6) is 11.5 Å². The SMILES string of the molecule is COc1cccc2c1O[C@H](c1cccc(Cl)c1)N1N=C(c3ccc(C)o3)C[C@H]21. The summed E-state index contributed by atoms with van der Waals surface area (Å²) in [6, 6.07) is 17.6. The van der Waals surface area contributed by atoms with Gasteiger partial charge >= 0.3 is 0 Å². The number of hydrazone groups is 1. The Morgan fingerprint density at radius 2 is 2.00 bits per heavy atom. The maximum absolute atomic E-state index is 6.40. The fraction of sp³-hybridized carbons (Fsp3) is 0.227. The zero-order chi connectivity index (χ0) is 19.3. The van der Waals surface area contributed by atoms with Gasteiger partial charge in [-0.05, 0) is 37.3 Å². The van der Waals surface area contributed by atoms with Crippen LogP contribution in [0.1, 0.15) is 41.3 Å². The second-order valence-electron chi connectivity index (χ2n) is 6.96. The lowest BCUT2D eigenvalue weighted by molar-refractivity contribution is -0.0209. The molecule has 0 bridgehead atoms. The quantitative estimate of drug-likeness (QED) is 0.589. The number of methoxy groups -OCH3 is 1. The number of nitrogens with zero attached hydrogens (tertiary/aromatic N) is 2. The zero-order valence-electron chi connectivity index (χ0n) is 15.6. The van der Waals surface area contributed by atoms with Crippen LogP contribution in [0, 0.1) is 6.92 Å². The van der Waals surface area contributed by atoms with E-state index in [1.807, 2.05) is 60.5 Å². The lowest BCUT2D eigenvalue weighted by Gasteiger charge is -2.38. The summed E-state index contributed by atoms with van der Waals surface area (Å²) in [6.45, 7) is 1.93. The first-order valence-corrected chi connectivity index (χ1v) is 9.53. The van der Waals surface area contributed by atoms with Crippen LogP contribution in [0.25, 0.3) is 0 Å². The van der Waals surface area contributed by atoms with Crippen molar-refractivity contribution in [2.75, 3.05) is 7.11 Å². The number of para-hydroxylation sites is 1. The molecule has 5 rings (SSSR count). The van der Waals surface area contributed by atoms with Crippen LogP contribution in [-0.2, 0) is 0 Å². The summed E-state index contributed by atoms with van der Waals surface area (Å²) in [4.78, 5) is 0. The highest BCUT2D eigenvalue weighted by Crippen LogP contribution is 2.50. The summed E-state index contributed by atoms with van der Waals surface area (Å²) in [5.74, 6) is 3.13. The fourth-order valence-corrected chi connectivity index (χ4v) is 4.06. The van der Waals surface area contributed by atoms with E-state index in [1.54, 1.807) is 7.11 Å². The molecule has 2 atom stereocenters. The van der Waals surface area contributed by atoms with E-state index < -0.39 is 6.23 Å². The van der Waals surface area contributed by atoms with Gasteiger partial charge in [-0.2, -0.15) is 5.10 Å². The van der Waals surface area contributed by atoms with Crippen molar-refractivity contribution in [3.05, 3.63) is 82.3 Å². The fourth-order valence-electron chi connectivity index (χ4n) is 3.86. The van der Waals surface area contributed by atoms with E-state index >= 15 is 0 Å². The van der Waals surface area contributed by atoms with Crippen LogP contribution in [0.3, 0.4) is 0 Å². The summed E-state index contributed by atoms with van der Waals surface area (Å²) in [7, 11) is 1.65. The smallest absolute Gasteiger partial charge is 0.214 e. The van der Waals surface area contributed by atoms with E-state index in [9.17, 15) is 0 Å². The third kappa shape index (κ3) is 2.74. The van der Waals surface area contributed by atoms with Crippen molar-refractivity contribution in [1.82, 2.24) is 5.01 Å². The van der Waals surface area contributed by atoms with Gasteiger partial charge in [0.1, 0.15) is 17.2 Å². The minimum absolute atomic E-state index is 0.0308. The van der Waals surface area contributed by atoms with Crippen LogP contribution >= 0.6 is 11.6 Å². The van der Waals surface area contributed by atoms with Crippen molar-refractivity contribution >= 4 is 17.3 Å². The lowest BCUT2D eigenvalue weighted by Crippen LogP contribution is -2.33. The number of benzene rings is 2. The molecule has 6 heteroatoms. The molecule has 0 amide bonds. The van der Waals surface area contributed by atoms with Crippen LogP contribution in [-0.4, -0.2) is 17.8 Å². The summed E-state index contributed by atoms with van der Waals surface area (Å²) < 4.78 is 17.8. The van der Waals surface area contributed by atoms with Crippen molar-refractivity contribution in [2.24, 2.45) is 5.10 Å². The van der Waals surface area contributed by atoms with Gasteiger partial charge in [-0.3, -0.25) is 0 Å². The highest BCUT2D eigenvalue weighted by Gasteiger charge is 2.42. The Hall–Kier alpha value is -2.92. The Morgan fingerprint density at radius 3 is 2.75 bits per heavy atom. The average molecular weight is 395 g/mol. The second kappa shape index (κ2) is 6.60. The summed E-state index contributed by atoms with van der Waals surface area (Å²) >= 11 is 6.24. The molecule has 3 aromatic rings. The number of hydrogen-bond acceptors (Lipinski definition) is 5. The number of rotatable bonds is 3. The number of halogens is 1. The number of ether oxygens (including phenoxy) is 2. The summed E-state index contributed by atoms with van der Waals surface area (Å²) in [5.41, 5.74) is 2.90. The molecule has 28 heavy (non-hydrogen) atoms. The van der Waals surface area contributed by atoms with E-state index in [2.05, 4.69) is 6.07 Å². The van der Waals surface area contributed by atoms with Gasteiger partial charge in [0.25, 0.3) is 0 Å². The molecule has 0 unspecified atom stereocenters. The Bertz CT molecular complexity index is 1080. The average Bonchev–Trinajstić information content (AvgIpc) is 3.33. The normalized spacial score (nSPS) is 20.2. The van der Waals surface area contributed by atoms with Gasteiger partial charge in [0.15, 0.2) is 11.5 Å². The molecular weight excluding hydrogens is 376 g/mol. The molecule has 0 saturated carbocycles. The van der Waals surface area contributed by atoms with Gasteiger partial charge in [0.05, 0.1) is 13.2 Å². The van der Waals surface area contributed by atoms with E-state index in [4.69, 9.17) is 30.6 Å². The first kappa shape index (κ1) is 17.2. The molecule has 0 saturated heterocycles. The first-order valence-electron chi connectivity index (χ1n) is 9.15. The van der Waals surface area contributed by atoms with Crippen molar-refractivity contribution in [1.29, 1.82) is 0 Å². The molecule has 1 aromatic heterocycles. The number of hydrogen-bond donors (Lipinski definition) is 0. The molecule has 0 aliphatic carbocycles. The molecule has 2 aliphatic rings. The van der Waals surface area contributed by atoms with Crippen LogP contribution in [0.2, 0.25) is 5.02 Å². The van der Waals surface area contributed by atoms with Crippen LogP contribution in [0.4, 0.5) is 0 Å². The van der Waals surface area contributed by atoms with Crippen molar-refractivity contribution in [3.63, 3.8) is 0 Å². The van der Waals surface area contributed by atoms with E-state index in [0.29, 0.717) is 10.8 Å². The van der Waals surface area contributed by atoms with Crippen molar-refractivity contribution < 1.29 is 13.9 Å². The number of aryl methyl sites for hydroxylation is 1. The topological polar surface area (TPSA) is 47.2 Å². The maximum atomic E-state index is 6.40. The predicted molar refractivity (Wildman–Crippen MR) is 107 cm³/mol. The van der Waals surface area contributed by atoms with Crippen molar-refractivity contribution in [3.8, 4) is 11.5 Å². The molecule has 0 N–H and O–H groups in total. The molecular formula is C22H19ClN2O3. The van der Waals surface area contributed by atoms with Crippen LogP contribution in [0.15, 0.2) is 64.1 Å². The minimum atomic E-state index is -0.402. The van der Waals surface area contributed by atoms with Crippen molar-refractivity contribution in [2.45, 2.75) is 25.6 Å². The Morgan fingerprint density at radius 1 is 1.14 bits per heavy atom. The largest absolute Gasteiger partial charge is 0.493 e. The zero-order valence-corrected chi connectivity index (χ0v) is 16.3. The minimum Gasteiger partial charge on any atom is -0.493 e. The van der Waals surface area contributed by atoms with Gasteiger partial charge in [-0.15, -0.1) is 0 Å². The lowest BCUT2D eigenvalue weighted by atomic mass is 9.97. The molecule has 0 spiro atoms. The highest BCUT2D eigenvalue weighted by atomic mass is 35.5. The number of fused-ring (bicyclic) bond motifs is 3. The van der Waals surface area contributed by atoms with Gasteiger partial charge in [-0.25, -0.2) is 5.01 Å². The molecule has 142 valence electrons. The molecule has 3 heterocycles. The van der Waals surface area contributed by atoms with Gasteiger partial charge in [0.2, 0.25) is 6.23 Å². The van der Waals surface area contributed by atoms with E-state index in [0.717, 1.165) is 40.5 Å². The number of furan rings is 1. The third-order valence-corrected chi connectivity index (χ3v) is 5.39. The standard InChI is InChI=1S/C22H19ClN2O3/c1-13-9-10-19(27-13)17-12-18-16-7-4-8-20(26-2)21(16)28-22(25(18)24-17)14-5-3-6-15(23)11-14/h3-11,18,22H,12H2,1-2H3/t18-,22-/m1/s1. The highest BCUT2D eigenvalue weighted by molar-refractivity contribution is 6.30. The van der Waals surface area contributed by atoms with E-state index in [-0.39, 0.29) is 6.04 Å². The van der Waals surface area contributed by atoms with Crippen LogP contribution < -0.4 is 9.47 Å². The molecule has 2 aliphatic heterocycles. The Kier molecular flexibility index (Phi) is 4.05. The van der Waals surface area contributed by atoms with E-state index in [1.165, 1.54) is 0 Å². The molecule has 0 radical (unpaired) electrons. The summed E-state index contributed by atoms with van der Waals surface area (Å²) in [5, 5.41) is 7.54. The first-order chi connectivity index (χ1) is 13.6. The van der Waals surface area contributed by atoms with Gasteiger partial charge in [-0.1, -0.05) is 35.9 Å². The third-order valence-electron chi connectivity index (χ3n) is 5.16. The van der Waals surface area contributed by atoms with Gasteiger partial charge < -0.3 is 13.9 Å². The molecule has 5 nitrogen and oxygen atoms in total. The van der Waals surface area contributed by atoms with Gasteiger partial charge in [0, 0.05) is 22.6 Å². The molecule has 2 aromatic carbocycles. The Labute approximate surface area is 168 Å².